The second-order valence-electron chi connectivity index (χ2n) is 4.58. The normalized spacial score (nSPS) is 10.8. The van der Waals surface area contributed by atoms with E-state index < -0.39 is 17.4 Å². The molecule has 0 unspecified atom stereocenters. The third-order valence-electron chi connectivity index (χ3n) is 2.72. The van der Waals surface area contributed by atoms with Crippen molar-refractivity contribution >= 4 is 49.7 Å². The van der Waals surface area contributed by atoms with Crippen molar-refractivity contribution in [1.82, 2.24) is 5.43 Å². The lowest BCUT2D eigenvalue weighted by Crippen LogP contribution is -2.24. The van der Waals surface area contributed by atoms with Gasteiger partial charge < -0.3 is 9.15 Å². The number of carbonyl (C=O) groups excluding carboxylic acids is 1. The van der Waals surface area contributed by atoms with Crippen LogP contribution >= 0.6 is 31.9 Å². The van der Waals surface area contributed by atoms with Crippen molar-refractivity contribution in [2.24, 2.45) is 5.10 Å². The lowest BCUT2D eigenvalue weighted by molar-refractivity contribution is -0.385. The number of amides is 1. The Morgan fingerprint density at radius 1 is 1.46 bits per heavy atom. The Kier molecular flexibility index (Phi) is 6.10. The van der Waals surface area contributed by atoms with E-state index in [-0.39, 0.29) is 11.4 Å². The lowest BCUT2D eigenvalue weighted by Gasteiger charge is -2.06. The van der Waals surface area contributed by atoms with E-state index in [1.165, 1.54) is 18.3 Å². The van der Waals surface area contributed by atoms with Crippen molar-refractivity contribution in [1.29, 1.82) is 0 Å². The maximum absolute atomic E-state index is 11.7. The van der Waals surface area contributed by atoms with Crippen LogP contribution in [-0.4, -0.2) is 23.7 Å². The number of benzene rings is 1. The van der Waals surface area contributed by atoms with Crippen molar-refractivity contribution in [2.75, 3.05) is 6.61 Å². The Morgan fingerprint density at radius 3 is 2.83 bits per heavy atom. The number of aryl methyl sites for hydroxylation is 1. The first-order valence-electron chi connectivity index (χ1n) is 6.51. The van der Waals surface area contributed by atoms with Crippen LogP contribution in [0.2, 0.25) is 0 Å². The number of nitro benzene ring substituents is 1. The fraction of sp³-hybridized carbons (Fsp3) is 0.143. The average molecular weight is 461 g/mol. The summed E-state index contributed by atoms with van der Waals surface area (Å²) in [5.74, 6) is -0.126. The van der Waals surface area contributed by atoms with E-state index in [4.69, 9.17) is 9.15 Å². The fourth-order valence-corrected chi connectivity index (χ4v) is 2.27. The van der Waals surface area contributed by atoms with Gasteiger partial charge in [-0.25, -0.2) is 5.43 Å². The number of hydrogen-bond acceptors (Lipinski definition) is 6. The molecule has 126 valence electrons. The van der Waals surface area contributed by atoms with Gasteiger partial charge in [-0.2, -0.15) is 5.10 Å². The van der Waals surface area contributed by atoms with Crippen molar-refractivity contribution in [2.45, 2.75) is 6.92 Å². The zero-order valence-corrected chi connectivity index (χ0v) is 15.5. The SMILES string of the molecule is Cc1ccc(OCC(=O)N/N=C/c2cc(Br)c(Br)o2)c([N+](=O)[O-])c1. The van der Waals surface area contributed by atoms with Crippen LogP contribution in [0.25, 0.3) is 0 Å². The molecule has 2 aromatic rings. The fourth-order valence-electron chi connectivity index (χ4n) is 1.66. The molecule has 0 radical (unpaired) electrons. The van der Waals surface area contributed by atoms with Crippen LogP contribution in [0.15, 0.2) is 42.9 Å². The molecule has 1 heterocycles. The van der Waals surface area contributed by atoms with Gasteiger partial charge in [0, 0.05) is 12.1 Å². The molecule has 24 heavy (non-hydrogen) atoms. The van der Waals surface area contributed by atoms with E-state index in [1.807, 2.05) is 0 Å². The summed E-state index contributed by atoms with van der Waals surface area (Å²) in [6, 6.07) is 6.14. The first-order valence-corrected chi connectivity index (χ1v) is 8.10. The number of halogens is 2. The molecule has 0 saturated carbocycles. The van der Waals surface area contributed by atoms with E-state index in [2.05, 4.69) is 42.4 Å². The van der Waals surface area contributed by atoms with E-state index in [9.17, 15) is 14.9 Å². The summed E-state index contributed by atoms with van der Waals surface area (Å²) in [5.41, 5.74) is 2.76. The minimum atomic E-state index is -0.564. The monoisotopic (exact) mass is 459 g/mol. The van der Waals surface area contributed by atoms with Crippen molar-refractivity contribution in [3.8, 4) is 5.75 Å². The van der Waals surface area contributed by atoms with Gasteiger partial charge in [0.15, 0.2) is 17.0 Å². The summed E-state index contributed by atoms with van der Waals surface area (Å²) in [6.07, 6.45) is 1.31. The van der Waals surface area contributed by atoms with Crippen LogP contribution in [0.4, 0.5) is 5.69 Å². The van der Waals surface area contributed by atoms with Crippen molar-refractivity contribution in [3.63, 3.8) is 0 Å². The smallest absolute Gasteiger partial charge is 0.311 e. The molecule has 1 N–H and O–H groups in total. The number of ether oxygens (including phenoxy) is 1. The third-order valence-corrected chi connectivity index (χ3v) is 4.43. The van der Waals surface area contributed by atoms with Gasteiger partial charge in [-0.15, -0.1) is 0 Å². The molecule has 1 aromatic carbocycles. The standard InChI is InChI=1S/C14H11Br2N3O5/c1-8-2-3-12(11(4-8)19(21)22)23-7-13(20)18-17-6-9-5-10(15)14(16)24-9/h2-6H,7H2,1H3,(H,18,20)/b17-6+. The molecule has 0 spiro atoms. The number of nitrogens with zero attached hydrogens (tertiary/aromatic N) is 2. The van der Waals surface area contributed by atoms with Gasteiger partial charge in [0.05, 0.1) is 15.6 Å². The highest BCUT2D eigenvalue weighted by Crippen LogP contribution is 2.27. The minimum absolute atomic E-state index is 0.0172. The maximum atomic E-state index is 11.7. The molecule has 0 aliphatic heterocycles. The Bertz CT molecular complexity index is 784. The zero-order chi connectivity index (χ0) is 17.7. The van der Waals surface area contributed by atoms with Crippen LogP contribution < -0.4 is 10.2 Å². The number of hydrogen-bond donors (Lipinski definition) is 1. The highest BCUT2D eigenvalue weighted by atomic mass is 79.9. The first-order chi connectivity index (χ1) is 11.4. The molecule has 0 aliphatic carbocycles. The Morgan fingerprint density at radius 2 is 2.21 bits per heavy atom. The van der Waals surface area contributed by atoms with Crippen molar-refractivity contribution in [3.05, 3.63) is 54.8 Å². The molecule has 0 saturated heterocycles. The number of nitro groups is 1. The highest BCUT2D eigenvalue weighted by Gasteiger charge is 2.16. The molecule has 10 heteroatoms. The van der Waals surface area contributed by atoms with E-state index in [1.54, 1.807) is 19.1 Å². The predicted octanol–water partition coefficient (Wildman–Crippen LogP) is 3.55. The number of rotatable bonds is 6. The van der Waals surface area contributed by atoms with E-state index >= 15 is 0 Å². The Hall–Kier alpha value is -2.20. The van der Waals surface area contributed by atoms with Gasteiger partial charge in [0.2, 0.25) is 0 Å². The summed E-state index contributed by atoms with van der Waals surface area (Å²) < 4.78 is 11.6. The van der Waals surface area contributed by atoms with Gasteiger partial charge in [-0.3, -0.25) is 14.9 Å². The molecule has 0 bridgehead atoms. The summed E-state index contributed by atoms with van der Waals surface area (Å²) in [5, 5.41) is 14.7. The summed E-state index contributed by atoms with van der Waals surface area (Å²) in [6.45, 7) is 1.32. The Labute approximate surface area is 153 Å². The molecule has 8 nitrogen and oxygen atoms in total. The number of nitrogens with one attached hydrogen (secondary N) is 1. The average Bonchev–Trinajstić information content (AvgIpc) is 2.84. The molecule has 0 atom stereocenters. The van der Waals surface area contributed by atoms with Crippen LogP contribution in [0, 0.1) is 17.0 Å². The van der Waals surface area contributed by atoms with Gasteiger partial charge in [-0.1, -0.05) is 6.07 Å². The number of carbonyl (C=O) groups is 1. The lowest BCUT2D eigenvalue weighted by atomic mass is 10.2. The summed E-state index contributed by atoms with van der Waals surface area (Å²) in [7, 11) is 0. The molecule has 2 rings (SSSR count). The van der Waals surface area contributed by atoms with Gasteiger partial charge in [-0.05, 0) is 50.4 Å². The van der Waals surface area contributed by atoms with Crippen molar-refractivity contribution < 1.29 is 18.9 Å². The van der Waals surface area contributed by atoms with Gasteiger partial charge in [0.1, 0.15) is 5.76 Å². The van der Waals surface area contributed by atoms with Crippen LogP contribution in [-0.2, 0) is 4.79 Å². The van der Waals surface area contributed by atoms with E-state index in [0.717, 1.165) is 5.56 Å². The second-order valence-corrected chi connectivity index (χ2v) is 6.16. The summed E-state index contributed by atoms with van der Waals surface area (Å²) >= 11 is 6.42. The minimum Gasteiger partial charge on any atom is -0.477 e. The molecule has 1 aromatic heterocycles. The first kappa shape index (κ1) is 18.1. The number of hydrazone groups is 1. The summed E-state index contributed by atoms with van der Waals surface area (Å²) in [4.78, 5) is 22.1. The molecule has 0 aliphatic rings. The largest absolute Gasteiger partial charge is 0.477 e. The zero-order valence-electron chi connectivity index (χ0n) is 12.3. The second kappa shape index (κ2) is 8.06. The van der Waals surface area contributed by atoms with Crippen LogP contribution in [0.1, 0.15) is 11.3 Å². The maximum Gasteiger partial charge on any atom is 0.311 e. The molecular formula is C14H11Br2N3O5. The number of furan rings is 1. The highest BCUT2D eigenvalue weighted by molar-refractivity contribution is 9.13. The van der Waals surface area contributed by atoms with Crippen LogP contribution in [0.5, 0.6) is 5.75 Å². The quantitative estimate of drug-likeness (QED) is 0.403. The Balaban J connectivity index is 1.90. The van der Waals surface area contributed by atoms with E-state index in [0.29, 0.717) is 14.9 Å². The third kappa shape index (κ3) is 4.90. The van der Waals surface area contributed by atoms with Gasteiger partial charge >= 0.3 is 5.69 Å². The molecular weight excluding hydrogens is 450 g/mol. The molecule has 1 amide bonds. The predicted molar refractivity (Wildman–Crippen MR) is 93.2 cm³/mol. The topological polar surface area (TPSA) is 107 Å². The van der Waals surface area contributed by atoms with Gasteiger partial charge in [0.25, 0.3) is 5.91 Å². The van der Waals surface area contributed by atoms with Crippen LogP contribution in [0.3, 0.4) is 0 Å². The molecule has 0 fully saturated rings.